The number of aryl methyl sites for hydroxylation is 1. The first-order valence-corrected chi connectivity index (χ1v) is 8.14. The monoisotopic (exact) mass is 340 g/mol. The van der Waals surface area contributed by atoms with Gasteiger partial charge in [0, 0.05) is 19.7 Å². The van der Waals surface area contributed by atoms with Crippen molar-refractivity contribution in [2.45, 2.75) is 19.8 Å². The Hall–Kier alpha value is -2.89. The molecule has 1 aliphatic heterocycles. The van der Waals surface area contributed by atoms with Crippen LogP contribution in [0.25, 0.3) is 0 Å². The van der Waals surface area contributed by atoms with Crippen molar-refractivity contribution in [2.24, 2.45) is 7.05 Å². The van der Waals surface area contributed by atoms with E-state index in [0.717, 1.165) is 24.0 Å². The van der Waals surface area contributed by atoms with E-state index in [0.29, 0.717) is 17.8 Å². The van der Waals surface area contributed by atoms with E-state index < -0.39 is 5.97 Å². The molecule has 1 amide bonds. The molecule has 0 radical (unpaired) electrons. The summed E-state index contributed by atoms with van der Waals surface area (Å²) in [5, 5.41) is 0. The summed E-state index contributed by atoms with van der Waals surface area (Å²) in [5.41, 5.74) is 3.01. The minimum Gasteiger partial charge on any atom is -0.465 e. The van der Waals surface area contributed by atoms with E-state index >= 15 is 0 Å². The normalized spacial score (nSPS) is 13.3. The predicted octanol–water partition coefficient (Wildman–Crippen LogP) is 2.07. The van der Waals surface area contributed by atoms with Gasteiger partial charge in [0.2, 0.25) is 0 Å². The van der Waals surface area contributed by atoms with Gasteiger partial charge in [-0.2, -0.15) is 0 Å². The van der Waals surface area contributed by atoms with Gasteiger partial charge in [-0.05, 0) is 43.0 Å². The highest BCUT2D eigenvalue weighted by Crippen LogP contribution is 2.34. The van der Waals surface area contributed by atoms with Crippen molar-refractivity contribution in [3.63, 3.8) is 0 Å². The van der Waals surface area contributed by atoms with Crippen LogP contribution in [0.2, 0.25) is 0 Å². The molecule has 2 aromatic rings. The zero-order chi connectivity index (χ0) is 18.1. The van der Waals surface area contributed by atoms with Gasteiger partial charge in [0.25, 0.3) is 11.5 Å². The molecular formula is C19H20N2O4. The van der Waals surface area contributed by atoms with E-state index in [1.165, 1.54) is 17.7 Å². The summed E-state index contributed by atoms with van der Waals surface area (Å²) in [6.45, 7) is 2.45. The molecule has 2 heterocycles. The molecule has 1 aromatic carbocycles. The van der Waals surface area contributed by atoms with Crippen molar-refractivity contribution in [2.75, 3.05) is 18.6 Å². The Morgan fingerprint density at radius 2 is 1.92 bits per heavy atom. The van der Waals surface area contributed by atoms with Gasteiger partial charge in [0.15, 0.2) is 0 Å². The lowest BCUT2D eigenvalue weighted by Crippen LogP contribution is -2.39. The molecule has 130 valence electrons. The molecule has 0 fully saturated rings. The molecule has 3 rings (SSSR count). The van der Waals surface area contributed by atoms with Crippen molar-refractivity contribution >= 4 is 17.6 Å². The zero-order valence-electron chi connectivity index (χ0n) is 14.5. The molecule has 0 unspecified atom stereocenters. The van der Waals surface area contributed by atoms with Crippen LogP contribution in [0, 0.1) is 6.92 Å². The Morgan fingerprint density at radius 3 is 2.64 bits per heavy atom. The van der Waals surface area contributed by atoms with E-state index in [-0.39, 0.29) is 17.2 Å². The van der Waals surface area contributed by atoms with Crippen LogP contribution in [0.5, 0.6) is 0 Å². The molecule has 0 aliphatic carbocycles. The molecule has 6 heteroatoms. The standard InChI is InChI=1S/C19H20N2O4/c1-12-9-10-14(19(24)25-3)17-13(12)6-5-11-21(17)18(23)15-7-4-8-16(22)20(15)2/h4,7-10H,5-6,11H2,1-3H3. The van der Waals surface area contributed by atoms with E-state index in [2.05, 4.69) is 0 Å². The van der Waals surface area contributed by atoms with Crippen LogP contribution in [0.1, 0.15) is 38.4 Å². The number of hydrogen-bond donors (Lipinski definition) is 0. The third-order valence-corrected chi connectivity index (χ3v) is 4.65. The van der Waals surface area contributed by atoms with Gasteiger partial charge >= 0.3 is 5.97 Å². The number of aromatic nitrogens is 1. The lowest BCUT2D eigenvalue weighted by molar-refractivity contribution is 0.0601. The lowest BCUT2D eigenvalue weighted by Gasteiger charge is -2.32. The van der Waals surface area contributed by atoms with Crippen LogP contribution in [-0.4, -0.2) is 30.1 Å². The number of carbonyl (C=O) groups excluding carboxylic acids is 2. The molecule has 1 aromatic heterocycles. The molecule has 0 atom stereocenters. The molecule has 1 aliphatic rings. The summed E-state index contributed by atoms with van der Waals surface area (Å²) < 4.78 is 6.21. The Labute approximate surface area is 145 Å². The first-order chi connectivity index (χ1) is 12.0. The van der Waals surface area contributed by atoms with Crippen LogP contribution in [0.3, 0.4) is 0 Å². The van der Waals surface area contributed by atoms with Crippen LogP contribution in [0.15, 0.2) is 35.1 Å². The summed E-state index contributed by atoms with van der Waals surface area (Å²) >= 11 is 0. The number of fused-ring (bicyclic) bond motifs is 1. The van der Waals surface area contributed by atoms with Gasteiger partial charge in [0.05, 0.1) is 18.4 Å². The molecule has 6 nitrogen and oxygen atoms in total. The van der Waals surface area contributed by atoms with Gasteiger partial charge in [0.1, 0.15) is 5.69 Å². The highest BCUT2D eigenvalue weighted by Gasteiger charge is 2.30. The van der Waals surface area contributed by atoms with Crippen LogP contribution in [0.4, 0.5) is 5.69 Å². The Bertz CT molecular complexity index is 914. The second-order valence-corrected chi connectivity index (χ2v) is 6.12. The van der Waals surface area contributed by atoms with Crippen LogP contribution in [-0.2, 0) is 18.2 Å². The quantitative estimate of drug-likeness (QED) is 0.785. The number of carbonyl (C=O) groups is 2. The zero-order valence-corrected chi connectivity index (χ0v) is 14.5. The molecule has 0 saturated carbocycles. The maximum atomic E-state index is 13.1. The third kappa shape index (κ3) is 2.84. The number of nitrogens with zero attached hydrogens (tertiary/aromatic N) is 2. The number of esters is 1. The Kier molecular flexibility index (Phi) is 4.44. The maximum Gasteiger partial charge on any atom is 0.339 e. The van der Waals surface area contributed by atoms with Crippen molar-refractivity contribution < 1.29 is 14.3 Å². The van der Waals surface area contributed by atoms with Gasteiger partial charge in [-0.1, -0.05) is 12.1 Å². The van der Waals surface area contributed by atoms with Crippen LogP contribution < -0.4 is 10.5 Å². The second kappa shape index (κ2) is 6.55. The number of rotatable bonds is 2. The molecule has 0 spiro atoms. The van der Waals surface area contributed by atoms with E-state index in [1.807, 2.05) is 13.0 Å². The topological polar surface area (TPSA) is 68.6 Å². The van der Waals surface area contributed by atoms with E-state index in [4.69, 9.17) is 4.74 Å². The summed E-state index contributed by atoms with van der Waals surface area (Å²) in [4.78, 5) is 38.8. The average Bonchev–Trinajstić information content (AvgIpc) is 2.63. The Balaban J connectivity index is 2.17. The number of hydrogen-bond acceptors (Lipinski definition) is 4. The van der Waals surface area contributed by atoms with Crippen molar-refractivity contribution in [1.82, 2.24) is 4.57 Å². The van der Waals surface area contributed by atoms with Gasteiger partial charge in [-0.25, -0.2) is 4.79 Å². The SMILES string of the molecule is COC(=O)c1ccc(C)c2c1N(C(=O)c1cccc(=O)n1C)CCC2. The van der Waals surface area contributed by atoms with Gasteiger partial charge in [-0.3, -0.25) is 9.59 Å². The van der Waals surface area contributed by atoms with Gasteiger partial charge < -0.3 is 14.2 Å². The van der Waals surface area contributed by atoms with Crippen LogP contribution >= 0.6 is 0 Å². The molecular weight excluding hydrogens is 320 g/mol. The molecule has 0 saturated heterocycles. The number of benzene rings is 1. The van der Waals surface area contributed by atoms with Crippen molar-refractivity contribution in [1.29, 1.82) is 0 Å². The molecule has 25 heavy (non-hydrogen) atoms. The third-order valence-electron chi connectivity index (χ3n) is 4.65. The largest absolute Gasteiger partial charge is 0.465 e. The predicted molar refractivity (Wildman–Crippen MR) is 94.2 cm³/mol. The fourth-order valence-corrected chi connectivity index (χ4v) is 3.28. The second-order valence-electron chi connectivity index (χ2n) is 6.12. The lowest BCUT2D eigenvalue weighted by atomic mass is 9.93. The maximum absolute atomic E-state index is 13.1. The van der Waals surface area contributed by atoms with Crippen molar-refractivity contribution in [3.8, 4) is 0 Å². The van der Waals surface area contributed by atoms with Gasteiger partial charge in [-0.15, -0.1) is 0 Å². The first-order valence-electron chi connectivity index (χ1n) is 8.14. The fourth-order valence-electron chi connectivity index (χ4n) is 3.28. The fraction of sp³-hybridized carbons (Fsp3) is 0.316. The minimum atomic E-state index is -0.474. The van der Waals surface area contributed by atoms with Crippen molar-refractivity contribution in [3.05, 3.63) is 63.1 Å². The van der Waals surface area contributed by atoms with E-state index in [1.54, 1.807) is 30.1 Å². The first kappa shape index (κ1) is 17.0. The smallest absolute Gasteiger partial charge is 0.339 e. The number of anilines is 1. The minimum absolute atomic E-state index is 0.250. The highest BCUT2D eigenvalue weighted by atomic mass is 16.5. The molecule has 0 bridgehead atoms. The van der Waals surface area contributed by atoms with E-state index in [9.17, 15) is 14.4 Å². The number of methoxy groups -OCH3 is 1. The summed E-state index contributed by atoms with van der Waals surface area (Å²) in [6, 6.07) is 8.15. The summed E-state index contributed by atoms with van der Waals surface area (Å²) in [7, 11) is 2.89. The summed E-state index contributed by atoms with van der Waals surface area (Å²) in [5.74, 6) is -0.769. The Morgan fingerprint density at radius 1 is 1.16 bits per heavy atom. The highest BCUT2D eigenvalue weighted by molar-refractivity contribution is 6.10. The average molecular weight is 340 g/mol. The molecule has 0 N–H and O–H groups in total. The summed E-state index contributed by atoms with van der Waals surface area (Å²) in [6.07, 6.45) is 1.59. The number of ether oxygens (including phenoxy) is 1. The number of pyridine rings is 1. The number of amides is 1.